The molecule has 4 nitrogen and oxygen atoms in total. The van der Waals surface area contributed by atoms with Crippen LogP contribution in [0.2, 0.25) is 0 Å². The number of nitrogens with zero attached hydrogens (tertiary/aromatic N) is 2. The first-order chi connectivity index (χ1) is 9.02. The summed E-state index contributed by atoms with van der Waals surface area (Å²) in [6, 6.07) is 6.63. The molecule has 2 rings (SSSR count). The van der Waals surface area contributed by atoms with Gasteiger partial charge in [-0.1, -0.05) is 17.7 Å². The van der Waals surface area contributed by atoms with Gasteiger partial charge in [-0.15, -0.1) is 0 Å². The van der Waals surface area contributed by atoms with Gasteiger partial charge < -0.3 is 15.1 Å². The van der Waals surface area contributed by atoms with Gasteiger partial charge in [-0.25, -0.2) is 0 Å². The fourth-order valence-electron chi connectivity index (χ4n) is 2.70. The van der Waals surface area contributed by atoms with E-state index in [9.17, 15) is 4.79 Å². The van der Waals surface area contributed by atoms with Gasteiger partial charge in [0.15, 0.2) is 0 Å². The number of anilines is 1. The molecule has 1 aliphatic heterocycles. The van der Waals surface area contributed by atoms with Gasteiger partial charge in [0.05, 0.1) is 12.6 Å². The lowest BCUT2D eigenvalue weighted by Gasteiger charge is -2.40. The Labute approximate surface area is 115 Å². The molecule has 1 N–H and O–H groups in total. The molecule has 1 heterocycles. The van der Waals surface area contributed by atoms with Crippen LogP contribution >= 0.6 is 0 Å². The van der Waals surface area contributed by atoms with Crippen LogP contribution in [0.5, 0.6) is 0 Å². The molecule has 0 aromatic heterocycles. The zero-order valence-corrected chi connectivity index (χ0v) is 12.2. The van der Waals surface area contributed by atoms with Crippen molar-refractivity contribution in [3.8, 4) is 0 Å². The number of carbonyl (C=O) groups excluding carboxylic acids is 1. The minimum absolute atomic E-state index is 0.187. The lowest BCUT2D eigenvalue weighted by molar-refractivity contribution is -0.131. The summed E-state index contributed by atoms with van der Waals surface area (Å²) in [5.74, 6) is 0.187. The van der Waals surface area contributed by atoms with Gasteiger partial charge in [0.1, 0.15) is 0 Å². The largest absolute Gasteiger partial charge is 0.360 e. The summed E-state index contributed by atoms with van der Waals surface area (Å²) in [5.41, 5.74) is 3.67. The second-order valence-electron chi connectivity index (χ2n) is 5.39. The molecule has 1 saturated heterocycles. The summed E-state index contributed by atoms with van der Waals surface area (Å²) in [7, 11) is 3.82. The Balaban J connectivity index is 2.22. The fourth-order valence-corrected chi connectivity index (χ4v) is 2.70. The van der Waals surface area contributed by atoms with Crippen molar-refractivity contribution in [3.63, 3.8) is 0 Å². The number of likely N-dealkylation sites (N-methyl/N-ethyl adjacent to an activating group) is 2. The number of nitrogens with one attached hydrogen (secondary N) is 1. The molecule has 1 fully saturated rings. The van der Waals surface area contributed by atoms with Crippen LogP contribution < -0.4 is 10.2 Å². The molecule has 1 aromatic rings. The molecule has 19 heavy (non-hydrogen) atoms. The summed E-state index contributed by atoms with van der Waals surface area (Å²) in [6.45, 7) is 6.38. The molecule has 0 spiro atoms. The third kappa shape index (κ3) is 2.89. The average Bonchev–Trinajstić information content (AvgIpc) is 2.35. The van der Waals surface area contributed by atoms with E-state index in [0.29, 0.717) is 6.54 Å². The maximum atomic E-state index is 12.1. The Kier molecular flexibility index (Phi) is 4.10. The van der Waals surface area contributed by atoms with Crippen LogP contribution in [0.1, 0.15) is 11.1 Å². The van der Waals surface area contributed by atoms with Gasteiger partial charge in [-0.05, 0) is 32.5 Å². The van der Waals surface area contributed by atoms with E-state index in [2.05, 4.69) is 42.3 Å². The van der Waals surface area contributed by atoms with Crippen molar-refractivity contribution in [2.75, 3.05) is 38.6 Å². The summed E-state index contributed by atoms with van der Waals surface area (Å²) in [4.78, 5) is 16.1. The van der Waals surface area contributed by atoms with Crippen molar-refractivity contribution in [1.82, 2.24) is 10.2 Å². The zero-order valence-electron chi connectivity index (χ0n) is 12.2. The maximum absolute atomic E-state index is 12.1. The van der Waals surface area contributed by atoms with Crippen LogP contribution in [-0.4, -0.2) is 50.6 Å². The quantitative estimate of drug-likeness (QED) is 0.887. The predicted molar refractivity (Wildman–Crippen MR) is 78.6 cm³/mol. The molecule has 1 aromatic carbocycles. The van der Waals surface area contributed by atoms with Crippen LogP contribution in [0.15, 0.2) is 18.2 Å². The van der Waals surface area contributed by atoms with Crippen molar-refractivity contribution in [1.29, 1.82) is 0 Å². The molecular weight excluding hydrogens is 238 g/mol. The van der Waals surface area contributed by atoms with Crippen LogP contribution in [0.25, 0.3) is 0 Å². The van der Waals surface area contributed by atoms with Gasteiger partial charge >= 0.3 is 0 Å². The van der Waals surface area contributed by atoms with Gasteiger partial charge in [-0.2, -0.15) is 0 Å². The normalized spacial score (nSPS) is 20.0. The minimum atomic E-state index is 0.187. The van der Waals surface area contributed by atoms with Crippen molar-refractivity contribution >= 4 is 11.6 Å². The summed E-state index contributed by atoms with van der Waals surface area (Å²) < 4.78 is 0. The van der Waals surface area contributed by atoms with Crippen molar-refractivity contribution in [2.24, 2.45) is 0 Å². The fraction of sp³-hybridized carbons (Fsp3) is 0.533. The lowest BCUT2D eigenvalue weighted by Crippen LogP contribution is -2.57. The van der Waals surface area contributed by atoms with E-state index >= 15 is 0 Å². The minimum Gasteiger partial charge on any atom is -0.360 e. The Morgan fingerprint density at radius 3 is 2.74 bits per heavy atom. The highest BCUT2D eigenvalue weighted by Gasteiger charge is 2.29. The van der Waals surface area contributed by atoms with Gasteiger partial charge in [-0.3, -0.25) is 4.79 Å². The first kappa shape index (κ1) is 13.9. The number of hydrogen-bond donors (Lipinski definition) is 1. The predicted octanol–water partition coefficient (Wildman–Crippen LogP) is 1.17. The monoisotopic (exact) mass is 261 g/mol. The Hall–Kier alpha value is -1.55. The Morgan fingerprint density at radius 2 is 2.11 bits per heavy atom. The van der Waals surface area contributed by atoms with E-state index in [0.717, 1.165) is 13.1 Å². The molecule has 0 radical (unpaired) electrons. The van der Waals surface area contributed by atoms with Crippen molar-refractivity contribution in [2.45, 2.75) is 19.9 Å². The molecule has 0 saturated carbocycles. The first-order valence-corrected chi connectivity index (χ1v) is 6.75. The second kappa shape index (κ2) is 5.61. The Morgan fingerprint density at radius 1 is 1.37 bits per heavy atom. The van der Waals surface area contributed by atoms with Crippen molar-refractivity contribution < 1.29 is 4.79 Å². The number of amides is 1. The molecular formula is C15H23N3O. The lowest BCUT2D eigenvalue weighted by atomic mass is 10.1. The smallest absolute Gasteiger partial charge is 0.242 e. The van der Waals surface area contributed by atoms with E-state index in [1.807, 2.05) is 19.0 Å². The average molecular weight is 261 g/mol. The second-order valence-corrected chi connectivity index (χ2v) is 5.39. The summed E-state index contributed by atoms with van der Waals surface area (Å²) >= 11 is 0. The maximum Gasteiger partial charge on any atom is 0.242 e. The third-order valence-corrected chi connectivity index (χ3v) is 3.83. The van der Waals surface area contributed by atoms with Gasteiger partial charge in [0.2, 0.25) is 5.91 Å². The van der Waals surface area contributed by atoms with E-state index in [1.54, 1.807) is 0 Å². The zero-order chi connectivity index (χ0) is 14.0. The van der Waals surface area contributed by atoms with Gasteiger partial charge in [0, 0.05) is 25.8 Å². The highest BCUT2D eigenvalue weighted by molar-refractivity contribution is 5.83. The Bertz CT molecular complexity index is 472. The molecule has 0 aliphatic carbocycles. The van der Waals surface area contributed by atoms with E-state index in [1.165, 1.54) is 16.8 Å². The number of piperazine rings is 1. The van der Waals surface area contributed by atoms with E-state index in [-0.39, 0.29) is 11.9 Å². The van der Waals surface area contributed by atoms with E-state index in [4.69, 9.17) is 0 Å². The number of benzene rings is 1. The highest BCUT2D eigenvalue weighted by atomic mass is 16.2. The van der Waals surface area contributed by atoms with Gasteiger partial charge in [0.25, 0.3) is 0 Å². The molecule has 1 unspecified atom stereocenters. The summed E-state index contributed by atoms with van der Waals surface area (Å²) in [5, 5.41) is 3.16. The third-order valence-electron chi connectivity index (χ3n) is 3.83. The topological polar surface area (TPSA) is 35.6 Å². The molecule has 0 bridgehead atoms. The number of aryl methyl sites for hydroxylation is 2. The van der Waals surface area contributed by atoms with Crippen LogP contribution in [0.4, 0.5) is 5.69 Å². The molecule has 1 atom stereocenters. The van der Waals surface area contributed by atoms with Crippen LogP contribution in [0, 0.1) is 13.8 Å². The summed E-state index contributed by atoms with van der Waals surface area (Å²) in [6.07, 6.45) is 0. The highest BCUT2D eigenvalue weighted by Crippen LogP contribution is 2.24. The number of rotatable bonds is 3. The molecule has 104 valence electrons. The molecule has 4 heteroatoms. The molecule has 1 amide bonds. The standard InChI is InChI=1S/C15H23N3O/c1-11-5-6-14(12(2)7-11)18-9-13(8-16-3)17(4)15(19)10-18/h5-7,13,16H,8-10H2,1-4H3. The first-order valence-electron chi connectivity index (χ1n) is 6.75. The number of hydrogen-bond acceptors (Lipinski definition) is 3. The SMILES string of the molecule is CNCC1CN(c2ccc(C)cc2C)CC(=O)N1C. The van der Waals surface area contributed by atoms with Crippen LogP contribution in [0.3, 0.4) is 0 Å². The van der Waals surface area contributed by atoms with Crippen molar-refractivity contribution in [3.05, 3.63) is 29.3 Å². The molecule has 1 aliphatic rings. The number of carbonyl (C=O) groups is 1. The van der Waals surface area contributed by atoms with Crippen LogP contribution in [-0.2, 0) is 4.79 Å². The van der Waals surface area contributed by atoms with E-state index < -0.39 is 0 Å².